The van der Waals surface area contributed by atoms with Gasteiger partial charge in [-0.25, -0.2) is 4.79 Å². The van der Waals surface area contributed by atoms with Gasteiger partial charge >= 0.3 is 6.03 Å². The van der Waals surface area contributed by atoms with Crippen LogP contribution in [0.25, 0.3) is 6.08 Å². The predicted molar refractivity (Wildman–Crippen MR) is 133 cm³/mol. The minimum absolute atomic E-state index is 0.216. The molecule has 1 aliphatic rings. The summed E-state index contributed by atoms with van der Waals surface area (Å²) in [5.74, 6) is 0.251. The van der Waals surface area contributed by atoms with E-state index in [1.54, 1.807) is 30.3 Å². The smallest absolute Gasteiger partial charge is 0.329 e. The average Bonchev–Trinajstić information content (AvgIpc) is 3.01. The van der Waals surface area contributed by atoms with Crippen LogP contribution < -0.4 is 10.1 Å². The van der Waals surface area contributed by atoms with Crippen LogP contribution >= 0.6 is 39.1 Å². The fourth-order valence-electron chi connectivity index (χ4n) is 3.39. The van der Waals surface area contributed by atoms with Crippen LogP contribution in [0.1, 0.15) is 22.3 Å². The van der Waals surface area contributed by atoms with Crippen molar-refractivity contribution in [1.29, 1.82) is 0 Å². The summed E-state index contributed by atoms with van der Waals surface area (Å²) < 4.78 is 6.56. The molecule has 0 atom stereocenters. The highest BCUT2D eigenvalue weighted by Gasteiger charge is 2.33. The maximum Gasteiger partial charge on any atom is 0.329 e. The average molecular weight is 546 g/mol. The fraction of sp³-hybridized carbons (Fsp3) is 0.120. The number of ether oxygens (including phenoxy) is 1. The largest absolute Gasteiger partial charge is 0.488 e. The molecule has 0 unspecified atom stereocenters. The lowest BCUT2D eigenvalue weighted by Crippen LogP contribution is -2.30. The van der Waals surface area contributed by atoms with Crippen LogP contribution in [0.15, 0.2) is 70.8 Å². The van der Waals surface area contributed by atoms with Gasteiger partial charge < -0.3 is 10.1 Å². The number of imide groups is 1. The highest BCUT2D eigenvalue weighted by molar-refractivity contribution is 9.10. The first-order valence-corrected chi connectivity index (χ1v) is 11.6. The van der Waals surface area contributed by atoms with Crippen LogP contribution in [0.3, 0.4) is 0 Å². The van der Waals surface area contributed by atoms with Crippen molar-refractivity contribution in [2.45, 2.75) is 20.1 Å². The zero-order valence-corrected chi connectivity index (χ0v) is 20.7. The number of rotatable bonds is 6. The van der Waals surface area contributed by atoms with Crippen LogP contribution in [-0.2, 0) is 17.9 Å². The zero-order valence-electron chi connectivity index (χ0n) is 17.6. The Hall–Kier alpha value is -2.80. The maximum absolute atomic E-state index is 12.8. The van der Waals surface area contributed by atoms with E-state index in [2.05, 4.69) is 21.2 Å². The van der Waals surface area contributed by atoms with Gasteiger partial charge in [0.15, 0.2) is 0 Å². The van der Waals surface area contributed by atoms with Crippen LogP contribution in [0.5, 0.6) is 5.75 Å². The van der Waals surface area contributed by atoms with E-state index in [4.69, 9.17) is 27.9 Å². The summed E-state index contributed by atoms with van der Waals surface area (Å²) in [5.41, 5.74) is 3.73. The number of hydrogen-bond acceptors (Lipinski definition) is 3. The first-order valence-electron chi connectivity index (χ1n) is 10.1. The SMILES string of the molecule is Cc1cccc(CN2C(=O)N/C(=C/c3ccc(OCc4ccc(Cl)cc4Cl)c(Br)c3)C2=O)c1. The minimum Gasteiger partial charge on any atom is -0.488 e. The van der Waals surface area contributed by atoms with Gasteiger partial charge in [0.2, 0.25) is 0 Å². The molecule has 3 aromatic carbocycles. The van der Waals surface area contributed by atoms with Crippen molar-refractivity contribution in [1.82, 2.24) is 10.2 Å². The lowest BCUT2D eigenvalue weighted by Gasteiger charge is -2.12. The van der Waals surface area contributed by atoms with Crippen LogP contribution in [0.2, 0.25) is 10.0 Å². The molecule has 33 heavy (non-hydrogen) atoms. The molecule has 0 radical (unpaired) electrons. The van der Waals surface area contributed by atoms with Crippen molar-refractivity contribution in [2.24, 2.45) is 0 Å². The van der Waals surface area contributed by atoms with Gasteiger partial charge in [-0.3, -0.25) is 9.69 Å². The van der Waals surface area contributed by atoms with Crippen molar-refractivity contribution in [3.63, 3.8) is 0 Å². The summed E-state index contributed by atoms with van der Waals surface area (Å²) in [6.07, 6.45) is 1.64. The van der Waals surface area contributed by atoms with Crippen molar-refractivity contribution in [3.05, 3.63) is 103 Å². The van der Waals surface area contributed by atoms with Gasteiger partial charge in [-0.2, -0.15) is 0 Å². The van der Waals surface area contributed by atoms with E-state index < -0.39 is 6.03 Å². The molecular formula is C25H19BrCl2N2O3. The van der Waals surface area contributed by atoms with Gasteiger partial charge in [-0.05, 0) is 64.3 Å². The molecule has 1 fully saturated rings. The molecule has 3 amide bonds. The molecule has 0 aliphatic carbocycles. The predicted octanol–water partition coefficient (Wildman–Crippen LogP) is 6.74. The van der Waals surface area contributed by atoms with Crippen molar-refractivity contribution in [2.75, 3.05) is 0 Å². The van der Waals surface area contributed by atoms with Gasteiger partial charge in [0.25, 0.3) is 5.91 Å². The Balaban J connectivity index is 1.46. The summed E-state index contributed by atoms with van der Waals surface area (Å²) in [5, 5.41) is 3.75. The molecular weight excluding hydrogens is 527 g/mol. The van der Waals surface area contributed by atoms with Crippen molar-refractivity contribution in [3.8, 4) is 5.75 Å². The Kier molecular flexibility index (Phi) is 7.08. The number of benzene rings is 3. The molecule has 3 aromatic rings. The second-order valence-corrected chi connectivity index (χ2v) is 9.28. The van der Waals surface area contributed by atoms with Crippen molar-refractivity contribution < 1.29 is 14.3 Å². The molecule has 5 nitrogen and oxygen atoms in total. The number of carbonyl (C=O) groups excluding carboxylic acids is 2. The second-order valence-electron chi connectivity index (χ2n) is 7.58. The summed E-state index contributed by atoms with van der Waals surface area (Å²) in [6.45, 7) is 2.46. The zero-order chi connectivity index (χ0) is 23.5. The first kappa shape index (κ1) is 23.4. The van der Waals surface area contributed by atoms with Crippen LogP contribution in [0, 0.1) is 6.92 Å². The Morgan fingerprint density at radius 3 is 2.61 bits per heavy atom. The lowest BCUT2D eigenvalue weighted by atomic mass is 10.1. The number of carbonyl (C=O) groups is 2. The summed E-state index contributed by atoms with van der Waals surface area (Å²) >= 11 is 15.6. The molecule has 0 aromatic heterocycles. The van der Waals surface area contributed by atoms with Gasteiger partial charge in [0.05, 0.1) is 11.0 Å². The Morgan fingerprint density at radius 1 is 1.06 bits per heavy atom. The molecule has 0 saturated carbocycles. The van der Waals surface area contributed by atoms with Crippen LogP contribution in [0.4, 0.5) is 4.79 Å². The Labute approximate surface area is 210 Å². The van der Waals surface area contributed by atoms with Crippen LogP contribution in [-0.4, -0.2) is 16.8 Å². The lowest BCUT2D eigenvalue weighted by molar-refractivity contribution is -0.123. The van der Waals surface area contributed by atoms with E-state index in [1.807, 2.05) is 43.3 Å². The minimum atomic E-state index is -0.438. The first-order chi connectivity index (χ1) is 15.8. The molecule has 1 aliphatic heterocycles. The third-order valence-corrected chi connectivity index (χ3v) is 6.26. The fourth-order valence-corrected chi connectivity index (χ4v) is 4.37. The second kappa shape index (κ2) is 10.00. The van der Waals surface area contributed by atoms with E-state index in [0.717, 1.165) is 22.3 Å². The molecule has 8 heteroatoms. The molecule has 0 spiro atoms. The van der Waals surface area contributed by atoms with E-state index in [9.17, 15) is 9.59 Å². The van der Waals surface area contributed by atoms with Gasteiger partial charge in [0.1, 0.15) is 18.1 Å². The molecule has 1 heterocycles. The number of nitrogens with one attached hydrogen (secondary N) is 1. The maximum atomic E-state index is 12.8. The third kappa shape index (κ3) is 5.58. The van der Waals surface area contributed by atoms with Gasteiger partial charge in [-0.15, -0.1) is 0 Å². The third-order valence-electron chi connectivity index (χ3n) is 5.05. The number of nitrogens with zero attached hydrogens (tertiary/aromatic N) is 1. The number of halogens is 3. The molecule has 1 saturated heterocycles. The van der Waals surface area contributed by atoms with E-state index in [1.165, 1.54) is 4.90 Å². The highest BCUT2D eigenvalue weighted by atomic mass is 79.9. The summed E-state index contributed by atoms with van der Waals surface area (Å²) in [4.78, 5) is 26.4. The van der Waals surface area contributed by atoms with Crippen molar-refractivity contribution >= 4 is 57.1 Å². The molecule has 1 N–H and O–H groups in total. The van der Waals surface area contributed by atoms with Gasteiger partial charge in [-0.1, -0.05) is 65.2 Å². The Morgan fingerprint density at radius 2 is 1.88 bits per heavy atom. The quantitative estimate of drug-likeness (QED) is 0.276. The highest BCUT2D eigenvalue weighted by Crippen LogP contribution is 2.29. The number of hydrogen-bond donors (Lipinski definition) is 1. The number of aryl methyl sites for hydroxylation is 1. The van der Waals surface area contributed by atoms with E-state index >= 15 is 0 Å². The van der Waals surface area contributed by atoms with E-state index in [-0.39, 0.29) is 24.8 Å². The molecule has 0 bridgehead atoms. The normalized spacial score (nSPS) is 14.7. The topological polar surface area (TPSA) is 58.6 Å². The molecule has 4 rings (SSSR count). The van der Waals surface area contributed by atoms with E-state index in [0.29, 0.717) is 20.3 Å². The van der Waals surface area contributed by atoms with Gasteiger partial charge in [0, 0.05) is 15.6 Å². The summed E-state index contributed by atoms with van der Waals surface area (Å²) in [6, 6.07) is 17.9. The monoisotopic (exact) mass is 544 g/mol. The number of urea groups is 1. The molecule has 168 valence electrons. The number of amides is 3. The Bertz CT molecular complexity index is 1280. The summed E-state index contributed by atoms with van der Waals surface area (Å²) in [7, 11) is 0. The standard InChI is InChI=1S/C25H19BrCl2N2O3/c1-15-3-2-4-17(9-15)13-30-24(31)22(29-25(30)32)11-16-5-8-23(20(26)10-16)33-14-18-6-7-19(27)12-21(18)28/h2-12H,13-14H2,1H3,(H,29,32)/b22-11+.